The number of hydrogen-bond donors (Lipinski definition) is 1. The molecule has 0 heterocycles. The van der Waals surface area contributed by atoms with Crippen LogP contribution >= 0.6 is 11.6 Å². The second-order valence-electron chi connectivity index (χ2n) is 7.84. The Balaban J connectivity index is 2.29. The third-order valence-corrected chi connectivity index (χ3v) is 5.18. The van der Waals surface area contributed by atoms with Crippen LogP contribution in [0.4, 0.5) is 0 Å². The molecule has 29 heavy (non-hydrogen) atoms. The van der Waals surface area contributed by atoms with Crippen molar-refractivity contribution in [3.05, 3.63) is 70.2 Å². The van der Waals surface area contributed by atoms with Crippen molar-refractivity contribution in [1.82, 2.24) is 10.2 Å². The second kappa shape index (κ2) is 11.0. The molecule has 0 radical (unpaired) electrons. The number of rotatable bonds is 9. The van der Waals surface area contributed by atoms with Gasteiger partial charge in [-0.05, 0) is 36.5 Å². The van der Waals surface area contributed by atoms with Gasteiger partial charge < -0.3 is 10.2 Å². The Kier molecular flexibility index (Phi) is 8.71. The average molecular weight is 415 g/mol. The van der Waals surface area contributed by atoms with Gasteiger partial charge in [0.2, 0.25) is 11.8 Å². The first kappa shape index (κ1) is 23.0. The van der Waals surface area contributed by atoms with Gasteiger partial charge in [0.15, 0.2) is 0 Å². The standard InChI is InChI=1S/C24H31ClN2O2/c1-5-22(24(29)26-15-17(2)3)27(16-20-11-6-7-12-21(20)25)23(28)14-19-10-8-9-18(4)13-19/h6-13,17,22H,5,14-16H2,1-4H3,(H,26,29)/t22-/m1/s1. The van der Waals surface area contributed by atoms with Crippen molar-refractivity contribution in [2.45, 2.75) is 53.1 Å². The first-order valence-electron chi connectivity index (χ1n) is 10.2. The van der Waals surface area contributed by atoms with Crippen LogP contribution in [0.15, 0.2) is 48.5 Å². The summed E-state index contributed by atoms with van der Waals surface area (Å²) < 4.78 is 0. The van der Waals surface area contributed by atoms with E-state index in [0.717, 1.165) is 16.7 Å². The molecule has 0 aliphatic heterocycles. The lowest BCUT2D eigenvalue weighted by Gasteiger charge is -2.31. The lowest BCUT2D eigenvalue weighted by molar-refractivity contribution is -0.141. The monoisotopic (exact) mass is 414 g/mol. The summed E-state index contributed by atoms with van der Waals surface area (Å²) in [6.45, 7) is 8.92. The number of carbonyl (C=O) groups is 2. The van der Waals surface area contributed by atoms with Crippen LogP contribution in [0.5, 0.6) is 0 Å². The molecule has 0 saturated carbocycles. The van der Waals surface area contributed by atoms with E-state index in [0.29, 0.717) is 30.5 Å². The van der Waals surface area contributed by atoms with E-state index in [1.54, 1.807) is 11.0 Å². The minimum Gasteiger partial charge on any atom is -0.354 e. The first-order valence-corrected chi connectivity index (χ1v) is 10.6. The molecule has 0 unspecified atom stereocenters. The molecular formula is C24H31ClN2O2. The van der Waals surface area contributed by atoms with Gasteiger partial charge in [-0.15, -0.1) is 0 Å². The number of amides is 2. The molecule has 0 aliphatic carbocycles. The molecule has 0 aromatic heterocycles. The minimum atomic E-state index is -0.540. The quantitative estimate of drug-likeness (QED) is 0.642. The Morgan fingerprint density at radius 2 is 1.83 bits per heavy atom. The maximum atomic E-state index is 13.3. The highest BCUT2D eigenvalue weighted by Gasteiger charge is 2.29. The van der Waals surface area contributed by atoms with E-state index in [2.05, 4.69) is 5.32 Å². The van der Waals surface area contributed by atoms with Crippen LogP contribution in [0.1, 0.15) is 43.9 Å². The summed E-state index contributed by atoms with van der Waals surface area (Å²) >= 11 is 6.35. The predicted octanol–water partition coefficient (Wildman–Crippen LogP) is 4.77. The Bertz CT molecular complexity index is 835. The Morgan fingerprint density at radius 1 is 1.10 bits per heavy atom. The van der Waals surface area contributed by atoms with Gasteiger partial charge in [-0.1, -0.05) is 80.4 Å². The summed E-state index contributed by atoms with van der Waals surface area (Å²) in [4.78, 5) is 27.8. The lowest BCUT2D eigenvalue weighted by atomic mass is 10.0. The molecule has 1 atom stereocenters. The van der Waals surface area contributed by atoms with Crippen LogP contribution in [0.25, 0.3) is 0 Å². The van der Waals surface area contributed by atoms with Crippen molar-refractivity contribution in [3.63, 3.8) is 0 Å². The van der Waals surface area contributed by atoms with E-state index in [1.165, 1.54) is 0 Å². The SMILES string of the molecule is CC[C@H](C(=O)NCC(C)C)N(Cc1ccccc1Cl)C(=O)Cc1cccc(C)c1. The molecule has 4 nitrogen and oxygen atoms in total. The predicted molar refractivity (Wildman–Crippen MR) is 119 cm³/mol. The van der Waals surface area contributed by atoms with E-state index in [1.807, 2.05) is 70.2 Å². The van der Waals surface area contributed by atoms with Crippen molar-refractivity contribution < 1.29 is 9.59 Å². The molecule has 0 bridgehead atoms. The van der Waals surface area contributed by atoms with Crippen LogP contribution in [0.3, 0.4) is 0 Å². The number of nitrogens with zero attached hydrogens (tertiary/aromatic N) is 1. The molecule has 0 aliphatic rings. The molecule has 0 saturated heterocycles. The highest BCUT2D eigenvalue weighted by atomic mass is 35.5. The maximum Gasteiger partial charge on any atom is 0.242 e. The fourth-order valence-electron chi connectivity index (χ4n) is 3.25. The molecule has 156 valence electrons. The number of hydrogen-bond acceptors (Lipinski definition) is 2. The molecule has 0 spiro atoms. The van der Waals surface area contributed by atoms with E-state index in [9.17, 15) is 9.59 Å². The molecule has 0 fully saturated rings. The number of halogens is 1. The van der Waals surface area contributed by atoms with Crippen molar-refractivity contribution in [2.75, 3.05) is 6.54 Å². The zero-order valence-electron chi connectivity index (χ0n) is 17.7. The van der Waals surface area contributed by atoms with E-state index >= 15 is 0 Å². The van der Waals surface area contributed by atoms with Gasteiger partial charge in [-0.25, -0.2) is 0 Å². The molecular weight excluding hydrogens is 384 g/mol. The fraction of sp³-hybridized carbons (Fsp3) is 0.417. The highest BCUT2D eigenvalue weighted by molar-refractivity contribution is 6.31. The van der Waals surface area contributed by atoms with Crippen molar-refractivity contribution >= 4 is 23.4 Å². The average Bonchev–Trinajstić information content (AvgIpc) is 2.67. The molecule has 2 rings (SSSR count). The van der Waals surface area contributed by atoms with Crippen LogP contribution in [-0.2, 0) is 22.6 Å². The molecule has 1 N–H and O–H groups in total. The molecule has 2 amide bonds. The summed E-state index contributed by atoms with van der Waals surface area (Å²) in [5, 5.41) is 3.57. The highest BCUT2D eigenvalue weighted by Crippen LogP contribution is 2.20. The Labute approximate surface area is 179 Å². The van der Waals surface area contributed by atoms with Gasteiger partial charge in [0.05, 0.1) is 6.42 Å². The van der Waals surface area contributed by atoms with Gasteiger partial charge in [0.25, 0.3) is 0 Å². The summed E-state index contributed by atoms with van der Waals surface area (Å²) in [6.07, 6.45) is 0.786. The fourth-order valence-corrected chi connectivity index (χ4v) is 3.45. The summed E-state index contributed by atoms with van der Waals surface area (Å²) in [6, 6.07) is 14.8. The number of nitrogens with one attached hydrogen (secondary N) is 1. The van der Waals surface area contributed by atoms with Gasteiger partial charge in [0, 0.05) is 18.1 Å². The smallest absolute Gasteiger partial charge is 0.242 e. The lowest BCUT2D eigenvalue weighted by Crippen LogP contribution is -2.50. The summed E-state index contributed by atoms with van der Waals surface area (Å²) in [5.41, 5.74) is 2.88. The van der Waals surface area contributed by atoms with Crippen molar-refractivity contribution in [1.29, 1.82) is 0 Å². The second-order valence-corrected chi connectivity index (χ2v) is 8.25. The Morgan fingerprint density at radius 3 is 2.45 bits per heavy atom. The number of benzene rings is 2. The van der Waals surface area contributed by atoms with Crippen LogP contribution < -0.4 is 5.32 Å². The normalized spacial score (nSPS) is 11.9. The van der Waals surface area contributed by atoms with Crippen LogP contribution in [-0.4, -0.2) is 29.3 Å². The molecule has 5 heteroatoms. The largest absolute Gasteiger partial charge is 0.354 e. The molecule has 2 aromatic rings. The van der Waals surface area contributed by atoms with Crippen LogP contribution in [0.2, 0.25) is 5.02 Å². The third kappa shape index (κ3) is 6.90. The van der Waals surface area contributed by atoms with Gasteiger partial charge in [0.1, 0.15) is 6.04 Å². The van der Waals surface area contributed by atoms with Gasteiger partial charge in [-0.3, -0.25) is 9.59 Å². The number of carbonyl (C=O) groups excluding carboxylic acids is 2. The maximum absolute atomic E-state index is 13.3. The number of aryl methyl sites for hydroxylation is 1. The minimum absolute atomic E-state index is 0.0814. The first-order chi connectivity index (χ1) is 13.8. The van der Waals surface area contributed by atoms with Gasteiger partial charge in [-0.2, -0.15) is 0 Å². The summed E-state index contributed by atoms with van der Waals surface area (Å²) in [7, 11) is 0. The Hall–Kier alpha value is -2.33. The van der Waals surface area contributed by atoms with E-state index in [-0.39, 0.29) is 18.2 Å². The van der Waals surface area contributed by atoms with E-state index < -0.39 is 6.04 Å². The van der Waals surface area contributed by atoms with Crippen LogP contribution in [0, 0.1) is 12.8 Å². The summed E-state index contributed by atoms with van der Waals surface area (Å²) in [5.74, 6) is 0.143. The molecule has 2 aromatic carbocycles. The topological polar surface area (TPSA) is 49.4 Å². The third-order valence-electron chi connectivity index (χ3n) is 4.81. The van der Waals surface area contributed by atoms with E-state index in [4.69, 9.17) is 11.6 Å². The zero-order chi connectivity index (χ0) is 21.4. The van der Waals surface area contributed by atoms with Gasteiger partial charge >= 0.3 is 0 Å². The zero-order valence-corrected chi connectivity index (χ0v) is 18.5. The van der Waals surface area contributed by atoms with Crippen molar-refractivity contribution in [2.24, 2.45) is 5.92 Å². The van der Waals surface area contributed by atoms with Crippen molar-refractivity contribution in [3.8, 4) is 0 Å².